The highest BCUT2D eigenvalue weighted by molar-refractivity contribution is 5.97. The van der Waals surface area contributed by atoms with Crippen LogP contribution in [0.1, 0.15) is 30.2 Å². The third-order valence-corrected chi connectivity index (χ3v) is 2.87. The molecule has 110 valence electrons. The van der Waals surface area contributed by atoms with Crippen molar-refractivity contribution < 1.29 is 14.8 Å². The zero-order valence-corrected chi connectivity index (χ0v) is 11.5. The number of nitrogens with one attached hydrogen (secondary N) is 1. The fourth-order valence-corrected chi connectivity index (χ4v) is 1.83. The standard InChI is InChI=1S/C13H14N4O4/c1-8(2)16-7-9(6-14-16)15-12-10(13(18)19)4-3-5-11(12)17(20)21/h3-8,15H,1-2H3,(H,18,19). The van der Waals surface area contributed by atoms with Gasteiger partial charge in [-0.05, 0) is 19.9 Å². The van der Waals surface area contributed by atoms with E-state index in [1.54, 1.807) is 10.9 Å². The molecular formula is C13H14N4O4. The third-order valence-electron chi connectivity index (χ3n) is 2.87. The van der Waals surface area contributed by atoms with Crippen LogP contribution < -0.4 is 5.32 Å². The molecule has 8 heteroatoms. The molecule has 2 rings (SSSR count). The van der Waals surface area contributed by atoms with E-state index < -0.39 is 10.9 Å². The van der Waals surface area contributed by atoms with E-state index in [1.807, 2.05) is 13.8 Å². The number of hydrogen-bond donors (Lipinski definition) is 2. The van der Waals surface area contributed by atoms with E-state index in [4.69, 9.17) is 5.11 Å². The molecule has 0 atom stereocenters. The molecule has 0 aliphatic rings. The van der Waals surface area contributed by atoms with Crippen LogP contribution in [-0.4, -0.2) is 25.8 Å². The SMILES string of the molecule is CC(C)n1cc(Nc2c(C(=O)O)cccc2[N+](=O)[O-])cn1. The van der Waals surface area contributed by atoms with E-state index in [0.29, 0.717) is 5.69 Å². The normalized spacial score (nSPS) is 10.6. The minimum Gasteiger partial charge on any atom is -0.478 e. The molecule has 1 aromatic heterocycles. The van der Waals surface area contributed by atoms with E-state index in [9.17, 15) is 14.9 Å². The highest BCUT2D eigenvalue weighted by Gasteiger charge is 2.21. The monoisotopic (exact) mass is 290 g/mol. The minimum atomic E-state index is -1.24. The average molecular weight is 290 g/mol. The van der Waals surface area contributed by atoms with E-state index in [0.717, 1.165) is 0 Å². The molecule has 0 saturated carbocycles. The molecule has 8 nitrogen and oxygen atoms in total. The molecule has 0 bridgehead atoms. The number of carboxylic acid groups (broad SMARTS) is 1. The summed E-state index contributed by atoms with van der Waals surface area (Å²) in [5.41, 5.74) is -0.0347. The van der Waals surface area contributed by atoms with Gasteiger partial charge in [-0.15, -0.1) is 0 Å². The summed E-state index contributed by atoms with van der Waals surface area (Å²) < 4.78 is 1.66. The molecule has 0 aliphatic heterocycles. The minimum absolute atomic E-state index is 0.0571. The molecule has 0 unspecified atom stereocenters. The predicted octanol–water partition coefficient (Wildman–Crippen LogP) is 2.81. The number of aromatic nitrogens is 2. The third kappa shape index (κ3) is 2.99. The summed E-state index contributed by atoms with van der Waals surface area (Å²) in [6.07, 6.45) is 3.15. The second-order valence-electron chi connectivity index (χ2n) is 4.69. The Morgan fingerprint density at radius 1 is 1.48 bits per heavy atom. The lowest BCUT2D eigenvalue weighted by atomic mass is 10.1. The first-order chi connectivity index (χ1) is 9.90. The lowest BCUT2D eigenvalue weighted by Gasteiger charge is -2.08. The van der Waals surface area contributed by atoms with Crippen molar-refractivity contribution in [3.8, 4) is 0 Å². The van der Waals surface area contributed by atoms with Gasteiger partial charge in [0.05, 0.1) is 22.4 Å². The maximum Gasteiger partial charge on any atom is 0.338 e. The van der Waals surface area contributed by atoms with Crippen molar-refractivity contribution in [2.24, 2.45) is 0 Å². The van der Waals surface area contributed by atoms with Crippen LogP contribution in [0, 0.1) is 10.1 Å². The molecule has 0 amide bonds. The smallest absolute Gasteiger partial charge is 0.338 e. The van der Waals surface area contributed by atoms with Crippen LogP contribution in [0.5, 0.6) is 0 Å². The number of anilines is 2. The van der Waals surface area contributed by atoms with Crippen molar-refractivity contribution in [1.82, 2.24) is 9.78 Å². The van der Waals surface area contributed by atoms with Gasteiger partial charge in [0, 0.05) is 18.3 Å². The van der Waals surface area contributed by atoms with Crippen molar-refractivity contribution >= 4 is 23.0 Å². The molecule has 0 fully saturated rings. The second-order valence-corrected chi connectivity index (χ2v) is 4.69. The van der Waals surface area contributed by atoms with Gasteiger partial charge in [-0.25, -0.2) is 4.79 Å². The highest BCUT2D eigenvalue weighted by Crippen LogP contribution is 2.31. The van der Waals surface area contributed by atoms with Crippen molar-refractivity contribution in [1.29, 1.82) is 0 Å². The molecule has 21 heavy (non-hydrogen) atoms. The van der Waals surface area contributed by atoms with Crippen LogP contribution in [0.15, 0.2) is 30.6 Å². The van der Waals surface area contributed by atoms with E-state index >= 15 is 0 Å². The van der Waals surface area contributed by atoms with Gasteiger partial charge in [0.25, 0.3) is 5.69 Å². The largest absolute Gasteiger partial charge is 0.478 e. The first-order valence-electron chi connectivity index (χ1n) is 6.22. The summed E-state index contributed by atoms with van der Waals surface area (Å²) in [5.74, 6) is -1.24. The Balaban J connectivity index is 2.45. The number of para-hydroxylation sites is 1. The van der Waals surface area contributed by atoms with Gasteiger partial charge in [0.15, 0.2) is 0 Å². The summed E-state index contributed by atoms with van der Waals surface area (Å²) in [6.45, 7) is 3.87. The zero-order valence-electron chi connectivity index (χ0n) is 11.5. The summed E-state index contributed by atoms with van der Waals surface area (Å²) in [6, 6.07) is 4.03. The van der Waals surface area contributed by atoms with Crippen molar-refractivity contribution in [3.63, 3.8) is 0 Å². The van der Waals surface area contributed by atoms with E-state index in [2.05, 4.69) is 10.4 Å². The number of carbonyl (C=O) groups is 1. The van der Waals surface area contributed by atoms with Crippen molar-refractivity contribution in [2.75, 3.05) is 5.32 Å². The molecule has 0 saturated heterocycles. The van der Waals surface area contributed by atoms with Gasteiger partial charge in [-0.3, -0.25) is 14.8 Å². The van der Waals surface area contributed by atoms with Gasteiger partial charge in [0.2, 0.25) is 0 Å². The van der Waals surface area contributed by atoms with Crippen molar-refractivity contribution in [3.05, 3.63) is 46.3 Å². The number of aromatic carboxylic acids is 1. The second kappa shape index (κ2) is 5.61. The zero-order chi connectivity index (χ0) is 15.6. The predicted molar refractivity (Wildman–Crippen MR) is 76.0 cm³/mol. The molecule has 0 aliphatic carbocycles. The van der Waals surface area contributed by atoms with Gasteiger partial charge in [-0.1, -0.05) is 6.07 Å². The summed E-state index contributed by atoms with van der Waals surface area (Å²) >= 11 is 0. The van der Waals surface area contributed by atoms with Gasteiger partial charge < -0.3 is 10.4 Å². The Morgan fingerprint density at radius 3 is 2.71 bits per heavy atom. The van der Waals surface area contributed by atoms with Gasteiger partial charge in [-0.2, -0.15) is 5.10 Å². The number of benzene rings is 1. The van der Waals surface area contributed by atoms with Crippen molar-refractivity contribution in [2.45, 2.75) is 19.9 Å². The number of hydrogen-bond acceptors (Lipinski definition) is 5. The Hall–Kier alpha value is -2.90. The lowest BCUT2D eigenvalue weighted by molar-refractivity contribution is -0.383. The Labute approximate surface area is 120 Å². The highest BCUT2D eigenvalue weighted by atomic mass is 16.6. The molecule has 0 spiro atoms. The number of nitro benzene ring substituents is 1. The molecule has 1 heterocycles. The Bertz CT molecular complexity index is 661. The van der Waals surface area contributed by atoms with Crippen LogP contribution in [0.3, 0.4) is 0 Å². The average Bonchev–Trinajstić information content (AvgIpc) is 2.87. The fraction of sp³-hybridized carbons (Fsp3) is 0.231. The van der Waals surface area contributed by atoms with E-state index in [1.165, 1.54) is 24.4 Å². The summed E-state index contributed by atoms with van der Waals surface area (Å²) in [4.78, 5) is 21.6. The van der Waals surface area contributed by atoms with Crippen LogP contribution in [0.2, 0.25) is 0 Å². The first-order valence-corrected chi connectivity index (χ1v) is 6.22. The molecule has 1 aromatic carbocycles. The summed E-state index contributed by atoms with van der Waals surface area (Å²) in [7, 11) is 0. The van der Waals surface area contributed by atoms with E-state index in [-0.39, 0.29) is 23.0 Å². The Kier molecular flexibility index (Phi) is 3.88. The van der Waals surface area contributed by atoms with Crippen LogP contribution in [0.25, 0.3) is 0 Å². The molecule has 0 radical (unpaired) electrons. The maximum absolute atomic E-state index is 11.2. The summed E-state index contributed by atoms with van der Waals surface area (Å²) in [5, 5.41) is 27.1. The maximum atomic E-state index is 11.2. The first kappa shape index (κ1) is 14.5. The Morgan fingerprint density at radius 2 is 2.19 bits per heavy atom. The van der Waals surface area contributed by atoms with Gasteiger partial charge in [0.1, 0.15) is 5.69 Å². The number of nitro groups is 1. The number of rotatable bonds is 5. The number of nitrogens with zero attached hydrogens (tertiary/aromatic N) is 3. The van der Waals surface area contributed by atoms with Gasteiger partial charge >= 0.3 is 5.97 Å². The lowest BCUT2D eigenvalue weighted by Crippen LogP contribution is -2.05. The van der Waals surface area contributed by atoms with Crippen LogP contribution >= 0.6 is 0 Å². The quantitative estimate of drug-likeness (QED) is 0.647. The molecule has 2 aromatic rings. The number of carboxylic acids is 1. The fourth-order valence-electron chi connectivity index (χ4n) is 1.83. The topological polar surface area (TPSA) is 110 Å². The van der Waals surface area contributed by atoms with Crippen LogP contribution in [0.4, 0.5) is 17.1 Å². The molecular weight excluding hydrogens is 276 g/mol. The van der Waals surface area contributed by atoms with Crippen LogP contribution in [-0.2, 0) is 0 Å². The molecule has 2 N–H and O–H groups in total.